The summed E-state index contributed by atoms with van der Waals surface area (Å²) in [7, 11) is 1.52. The van der Waals surface area contributed by atoms with E-state index in [0.717, 1.165) is 6.20 Å². The Balaban J connectivity index is 2.48. The van der Waals surface area contributed by atoms with Crippen molar-refractivity contribution in [3.05, 3.63) is 41.5 Å². The van der Waals surface area contributed by atoms with Crippen molar-refractivity contribution in [2.45, 2.75) is 0 Å². The second-order valence-corrected chi connectivity index (χ2v) is 3.61. The predicted octanol–water partition coefficient (Wildman–Crippen LogP) is 2.96. The van der Waals surface area contributed by atoms with Crippen molar-refractivity contribution >= 4 is 17.3 Å². The van der Waals surface area contributed by atoms with Gasteiger partial charge in [-0.25, -0.2) is 26.9 Å². The van der Waals surface area contributed by atoms with Gasteiger partial charge < -0.3 is 10.6 Å². The van der Waals surface area contributed by atoms with Crippen LogP contribution < -0.4 is 10.6 Å². The van der Waals surface area contributed by atoms with Crippen molar-refractivity contribution in [2.75, 3.05) is 17.7 Å². The van der Waals surface area contributed by atoms with E-state index in [-0.39, 0.29) is 11.6 Å². The third-order valence-corrected chi connectivity index (χ3v) is 2.35. The summed E-state index contributed by atoms with van der Waals surface area (Å²) in [5.41, 5.74) is -1.19. The standard InChI is InChI=1S/C11H7F5N4/c1-17-4-2-18-3-5(19-4)20-11-9(15)7(13)6(12)8(14)10(11)16/h2-3H,1H3,(H2,17,19,20). The molecule has 0 radical (unpaired) electrons. The lowest BCUT2D eigenvalue weighted by Crippen LogP contribution is -2.08. The fraction of sp³-hybridized carbons (Fsp3) is 0.0909. The summed E-state index contributed by atoms with van der Waals surface area (Å²) in [6.07, 6.45) is 2.38. The molecule has 0 aliphatic carbocycles. The molecule has 2 rings (SSSR count). The van der Waals surface area contributed by atoms with Crippen LogP contribution >= 0.6 is 0 Å². The minimum absolute atomic E-state index is 0.181. The summed E-state index contributed by atoms with van der Waals surface area (Å²) in [4.78, 5) is 7.47. The van der Waals surface area contributed by atoms with Crippen molar-refractivity contribution in [2.24, 2.45) is 0 Å². The number of benzene rings is 1. The lowest BCUT2D eigenvalue weighted by molar-refractivity contribution is 0.382. The molecule has 0 aliphatic rings. The van der Waals surface area contributed by atoms with Crippen molar-refractivity contribution in [3.8, 4) is 0 Å². The average Bonchev–Trinajstić information content (AvgIpc) is 2.48. The van der Waals surface area contributed by atoms with Crippen LogP contribution in [0.15, 0.2) is 12.4 Å². The SMILES string of the molecule is CNc1cncc(Nc2c(F)c(F)c(F)c(F)c2F)n1. The van der Waals surface area contributed by atoms with Crippen LogP contribution in [0.2, 0.25) is 0 Å². The van der Waals surface area contributed by atoms with Gasteiger partial charge in [0.2, 0.25) is 5.82 Å². The first-order chi connectivity index (χ1) is 9.45. The first-order valence-corrected chi connectivity index (χ1v) is 5.24. The molecule has 0 unspecified atom stereocenters. The van der Waals surface area contributed by atoms with Crippen molar-refractivity contribution in [3.63, 3.8) is 0 Å². The maximum absolute atomic E-state index is 13.4. The molecule has 1 aromatic carbocycles. The van der Waals surface area contributed by atoms with E-state index in [2.05, 4.69) is 15.3 Å². The average molecular weight is 290 g/mol. The molecule has 2 N–H and O–H groups in total. The van der Waals surface area contributed by atoms with Gasteiger partial charge in [-0.05, 0) is 0 Å². The van der Waals surface area contributed by atoms with Gasteiger partial charge in [-0.3, -0.25) is 4.98 Å². The zero-order valence-corrected chi connectivity index (χ0v) is 9.94. The number of nitrogens with one attached hydrogen (secondary N) is 2. The topological polar surface area (TPSA) is 49.8 Å². The molecule has 106 valence electrons. The Morgan fingerprint density at radius 1 is 0.800 bits per heavy atom. The lowest BCUT2D eigenvalue weighted by Gasteiger charge is -2.10. The highest BCUT2D eigenvalue weighted by Gasteiger charge is 2.26. The Hall–Kier alpha value is -2.45. The first kappa shape index (κ1) is 14.0. The number of hydrogen-bond donors (Lipinski definition) is 2. The fourth-order valence-corrected chi connectivity index (χ4v) is 1.39. The number of aromatic nitrogens is 2. The molecule has 0 spiro atoms. The second-order valence-electron chi connectivity index (χ2n) is 3.61. The van der Waals surface area contributed by atoms with E-state index >= 15 is 0 Å². The van der Waals surface area contributed by atoms with Gasteiger partial charge >= 0.3 is 0 Å². The van der Waals surface area contributed by atoms with Crippen molar-refractivity contribution < 1.29 is 22.0 Å². The molecular weight excluding hydrogens is 283 g/mol. The van der Waals surface area contributed by atoms with E-state index in [9.17, 15) is 22.0 Å². The highest BCUT2D eigenvalue weighted by molar-refractivity contribution is 5.58. The molecule has 0 bridgehead atoms. The normalized spacial score (nSPS) is 10.5. The molecular formula is C11H7F5N4. The minimum Gasteiger partial charge on any atom is -0.372 e. The van der Waals surface area contributed by atoms with E-state index in [4.69, 9.17) is 0 Å². The molecule has 20 heavy (non-hydrogen) atoms. The smallest absolute Gasteiger partial charge is 0.200 e. The predicted molar refractivity (Wildman–Crippen MR) is 61.1 cm³/mol. The van der Waals surface area contributed by atoms with Crippen molar-refractivity contribution in [1.82, 2.24) is 9.97 Å². The molecule has 0 saturated heterocycles. The maximum atomic E-state index is 13.4. The molecule has 1 aromatic heterocycles. The van der Waals surface area contributed by atoms with Gasteiger partial charge in [0, 0.05) is 7.05 Å². The van der Waals surface area contributed by atoms with E-state index in [1.807, 2.05) is 5.32 Å². The third kappa shape index (κ3) is 2.33. The van der Waals surface area contributed by atoms with Crippen LogP contribution in [0.5, 0.6) is 0 Å². The van der Waals surface area contributed by atoms with Crippen LogP contribution in [0.1, 0.15) is 0 Å². The van der Waals surface area contributed by atoms with Gasteiger partial charge in [-0.15, -0.1) is 0 Å². The van der Waals surface area contributed by atoms with Crippen molar-refractivity contribution in [1.29, 1.82) is 0 Å². The molecule has 0 fully saturated rings. The van der Waals surface area contributed by atoms with Crippen LogP contribution in [0.3, 0.4) is 0 Å². The number of hydrogen-bond acceptors (Lipinski definition) is 4. The highest BCUT2D eigenvalue weighted by Crippen LogP contribution is 2.29. The van der Waals surface area contributed by atoms with E-state index in [1.54, 1.807) is 0 Å². The van der Waals surface area contributed by atoms with Gasteiger partial charge in [0.15, 0.2) is 29.1 Å². The summed E-state index contributed by atoms with van der Waals surface area (Å²) in [6.45, 7) is 0. The Kier molecular flexibility index (Phi) is 3.68. The Morgan fingerprint density at radius 3 is 1.85 bits per heavy atom. The van der Waals surface area contributed by atoms with Gasteiger partial charge in [0.25, 0.3) is 0 Å². The van der Waals surface area contributed by atoms with E-state index < -0.39 is 34.8 Å². The summed E-state index contributed by atoms with van der Waals surface area (Å²) >= 11 is 0. The summed E-state index contributed by atoms with van der Waals surface area (Å²) < 4.78 is 65.7. The third-order valence-electron chi connectivity index (χ3n) is 2.35. The molecule has 0 saturated carbocycles. The number of rotatable bonds is 3. The Morgan fingerprint density at radius 2 is 1.30 bits per heavy atom. The summed E-state index contributed by atoms with van der Waals surface area (Å²) in [6, 6.07) is 0. The van der Waals surface area contributed by atoms with Crippen LogP contribution in [0.4, 0.5) is 39.3 Å². The lowest BCUT2D eigenvalue weighted by atomic mass is 10.2. The number of anilines is 3. The molecule has 4 nitrogen and oxygen atoms in total. The zero-order valence-electron chi connectivity index (χ0n) is 9.94. The van der Waals surface area contributed by atoms with E-state index in [1.165, 1.54) is 13.2 Å². The number of nitrogens with zero attached hydrogens (tertiary/aromatic N) is 2. The molecule has 0 aliphatic heterocycles. The van der Waals surface area contributed by atoms with Gasteiger partial charge in [-0.2, -0.15) is 0 Å². The van der Waals surface area contributed by atoms with Crippen LogP contribution in [0, 0.1) is 29.1 Å². The fourth-order valence-electron chi connectivity index (χ4n) is 1.39. The van der Waals surface area contributed by atoms with Crippen LogP contribution in [-0.2, 0) is 0 Å². The maximum Gasteiger partial charge on any atom is 0.200 e. The van der Waals surface area contributed by atoms with Gasteiger partial charge in [-0.1, -0.05) is 0 Å². The Bertz CT molecular complexity index is 632. The molecule has 0 atom stereocenters. The van der Waals surface area contributed by atoms with E-state index in [0.29, 0.717) is 0 Å². The largest absolute Gasteiger partial charge is 0.372 e. The highest BCUT2D eigenvalue weighted by atomic mass is 19.2. The quantitative estimate of drug-likeness (QED) is 0.518. The second kappa shape index (κ2) is 5.27. The van der Waals surface area contributed by atoms with Gasteiger partial charge in [0.05, 0.1) is 12.4 Å². The first-order valence-electron chi connectivity index (χ1n) is 5.24. The van der Waals surface area contributed by atoms with Crippen LogP contribution in [0.25, 0.3) is 0 Å². The minimum atomic E-state index is -2.22. The molecule has 0 amide bonds. The van der Waals surface area contributed by atoms with Crippen LogP contribution in [-0.4, -0.2) is 17.0 Å². The summed E-state index contributed by atoms with van der Waals surface area (Å²) in [5.74, 6) is -10.2. The van der Waals surface area contributed by atoms with Gasteiger partial charge in [0.1, 0.15) is 11.5 Å². The number of halogens is 5. The zero-order chi connectivity index (χ0) is 14.9. The molecule has 9 heteroatoms. The monoisotopic (exact) mass is 290 g/mol. The summed E-state index contributed by atoms with van der Waals surface area (Å²) in [5, 5.41) is 4.62. The Labute approximate surface area is 109 Å². The molecule has 1 heterocycles. The molecule has 2 aromatic rings.